The second-order valence-electron chi connectivity index (χ2n) is 5.41. The van der Waals surface area contributed by atoms with Gasteiger partial charge in [0.2, 0.25) is 0 Å². The zero-order chi connectivity index (χ0) is 12.6. The van der Waals surface area contributed by atoms with Crippen LogP contribution in [0.2, 0.25) is 0 Å². The largest absolute Gasteiger partial charge is 0.374 e. The first-order valence-electron chi connectivity index (χ1n) is 6.87. The van der Waals surface area contributed by atoms with E-state index in [1.165, 1.54) is 11.1 Å². The molecule has 0 radical (unpaired) electrons. The molecule has 1 aliphatic carbocycles. The third-order valence-corrected chi connectivity index (χ3v) is 4.44. The minimum atomic E-state index is -0.121. The first-order valence-corrected chi connectivity index (χ1v) is 6.87. The van der Waals surface area contributed by atoms with Gasteiger partial charge in [-0.25, -0.2) is 4.39 Å². The van der Waals surface area contributed by atoms with Crippen molar-refractivity contribution in [2.75, 3.05) is 19.7 Å². The summed E-state index contributed by atoms with van der Waals surface area (Å²) in [5.74, 6) is -0.121. The Morgan fingerprint density at radius 3 is 2.89 bits per heavy atom. The summed E-state index contributed by atoms with van der Waals surface area (Å²) in [6.07, 6.45) is 3.35. The minimum Gasteiger partial charge on any atom is -0.374 e. The molecule has 1 saturated heterocycles. The first-order chi connectivity index (χ1) is 8.75. The Bertz CT molecular complexity index is 440. The molecule has 2 nitrogen and oxygen atoms in total. The molecular weight excluding hydrogens is 229 g/mol. The summed E-state index contributed by atoms with van der Waals surface area (Å²) >= 11 is 0. The highest BCUT2D eigenvalue weighted by Gasteiger charge is 2.44. The number of nitrogens with one attached hydrogen (secondary N) is 1. The monoisotopic (exact) mass is 249 g/mol. The third-order valence-electron chi connectivity index (χ3n) is 4.44. The molecule has 1 spiro atoms. The molecule has 1 fully saturated rings. The highest BCUT2D eigenvalue weighted by atomic mass is 19.1. The zero-order valence-corrected chi connectivity index (χ0v) is 10.8. The fourth-order valence-electron chi connectivity index (χ4n) is 3.57. The van der Waals surface area contributed by atoms with Gasteiger partial charge in [0.05, 0.1) is 6.10 Å². The van der Waals surface area contributed by atoms with Gasteiger partial charge in [0.1, 0.15) is 5.82 Å². The Labute approximate surface area is 108 Å². The van der Waals surface area contributed by atoms with Crippen LogP contribution in [0.5, 0.6) is 0 Å². The maximum absolute atomic E-state index is 13.6. The van der Waals surface area contributed by atoms with Crippen LogP contribution in [0.4, 0.5) is 4.39 Å². The van der Waals surface area contributed by atoms with Crippen molar-refractivity contribution in [3.8, 4) is 0 Å². The molecule has 1 aromatic rings. The van der Waals surface area contributed by atoms with Crippen molar-refractivity contribution in [3.63, 3.8) is 0 Å². The van der Waals surface area contributed by atoms with E-state index in [0.29, 0.717) is 0 Å². The molecule has 1 aromatic carbocycles. The molecule has 2 aliphatic rings. The van der Waals surface area contributed by atoms with Crippen LogP contribution in [-0.4, -0.2) is 19.7 Å². The Hall–Kier alpha value is -0.930. The number of ether oxygens (including phenoxy) is 1. The fraction of sp³-hybridized carbons (Fsp3) is 0.600. The molecule has 1 N–H and O–H groups in total. The van der Waals surface area contributed by atoms with Gasteiger partial charge in [-0.15, -0.1) is 0 Å². The van der Waals surface area contributed by atoms with Gasteiger partial charge in [0.15, 0.2) is 0 Å². The molecule has 0 saturated carbocycles. The summed E-state index contributed by atoms with van der Waals surface area (Å²) < 4.78 is 19.4. The topological polar surface area (TPSA) is 21.3 Å². The van der Waals surface area contributed by atoms with Crippen molar-refractivity contribution >= 4 is 0 Å². The molecule has 1 atom stereocenters. The van der Waals surface area contributed by atoms with E-state index in [9.17, 15) is 4.39 Å². The number of hydrogen-bond donors (Lipinski definition) is 1. The van der Waals surface area contributed by atoms with Crippen molar-refractivity contribution < 1.29 is 9.13 Å². The van der Waals surface area contributed by atoms with Crippen molar-refractivity contribution in [2.24, 2.45) is 0 Å². The lowest BCUT2D eigenvalue weighted by Gasteiger charge is -2.35. The van der Waals surface area contributed by atoms with Gasteiger partial charge in [-0.05, 0) is 62.5 Å². The van der Waals surface area contributed by atoms with E-state index in [1.807, 2.05) is 13.0 Å². The predicted octanol–water partition coefficient (Wildman–Crippen LogP) is 2.93. The van der Waals surface area contributed by atoms with Gasteiger partial charge in [0, 0.05) is 12.0 Å². The first kappa shape index (κ1) is 12.1. The van der Waals surface area contributed by atoms with Gasteiger partial charge in [-0.2, -0.15) is 0 Å². The number of halogens is 1. The highest BCUT2D eigenvalue weighted by Crippen LogP contribution is 2.51. The van der Waals surface area contributed by atoms with Crippen LogP contribution >= 0.6 is 0 Å². The highest BCUT2D eigenvalue weighted by molar-refractivity contribution is 5.42. The predicted molar refractivity (Wildman–Crippen MR) is 69.2 cm³/mol. The SMILES string of the molecule is CCO[C@H]1CC2(CCNCC2)c2cc(F)ccc21. The average Bonchev–Trinajstić information content (AvgIpc) is 2.65. The Morgan fingerprint density at radius 1 is 1.39 bits per heavy atom. The summed E-state index contributed by atoms with van der Waals surface area (Å²) in [4.78, 5) is 0. The molecule has 3 rings (SSSR count). The molecule has 0 amide bonds. The average molecular weight is 249 g/mol. The summed E-state index contributed by atoms with van der Waals surface area (Å²) in [6, 6.07) is 5.21. The molecule has 98 valence electrons. The molecule has 0 bridgehead atoms. The second kappa shape index (κ2) is 4.63. The van der Waals surface area contributed by atoms with Gasteiger partial charge < -0.3 is 10.1 Å². The Kier molecular flexibility index (Phi) is 3.12. The van der Waals surface area contributed by atoms with Gasteiger partial charge in [0.25, 0.3) is 0 Å². The molecule has 18 heavy (non-hydrogen) atoms. The van der Waals surface area contributed by atoms with E-state index in [-0.39, 0.29) is 17.3 Å². The van der Waals surface area contributed by atoms with Gasteiger partial charge in [-0.3, -0.25) is 0 Å². The van der Waals surface area contributed by atoms with Crippen LogP contribution < -0.4 is 5.32 Å². The molecule has 0 unspecified atom stereocenters. The van der Waals surface area contributed by atoms with Crippen molar-refractivity contribution in [2.45, 2.75) is 37.7 Å². The Morgan fingerprint density at radius 2 is 2.17 bits per heavy atom. The quantitative estimate of drug-likeness (QED) is 0.870. The number of piperidine rings is 1. The minimum absolute atomic E-state index is 0.121. The molecular formula is C15H20FNO. The third kappa shape index (κ3) is 1.86. The normalized spacial score (nSPS) is 25.3. The maximum atomic E-state index is 13.6. The van der Waals surface area contributed by atoms with E-state index in [1.54, 1.807) is 12.1 Å². The van der Waals surface area contributed by atoms with E-state index in [0.717, 1.165) is 39.0 Å². The smallest absolute Gasteiger partial charge is 0.123 e. The molecule has 1 heterocycles. The molecule has 3 heteroatoms. The van der Waals surface area contributed by atoms with Crippen molar-refractivity contribution in [3.05, 3.63) is 35.1 Å². The lowest BCUT2D eigenvalue weighted by atomic mass is 9.74. The fourth-order valence-corrected chi connectivity index (χ4v) is 3.57. The second-order valence-corrected chi connectivity index (χ2v) is 5.41. The lowest BCUT2D eigenvalue weighted by Crippen LogP contribution is -2.38. The van der Waals surface area contributed by atoms with Gasteiger partial charge in [-0.1, -0.05) is 6.07 Å². The van der Waals surface area contributed by atoms with Crippen LogP contribution in [0, 0.1) is 5.82 Å². The van der Waals surface area contributed by atoms with Crippen LogP contribution in [0.3, 0.4) is 0 Å². The van der Waals surface area contributed by atoms with E-state index < -0.39 is 0 Å². The van der Waals surface area contributed by atoms with Crippen molar-refractivity contribution in [1.29, 1.82) is 0 Å². The summed E-state index contributed by atoms with van der Waals surface area (Å²) in [6.45, 7) is 4.79. The summed E-state index contributed by atoms with van der Waals surface area (Å²) in [7, 11) is 0. The lowest BCUT2D eigenvalue weighted by molar-refractivity contribution is 0.0474. The number of fused-ring (bicyclic) bond motifs is 2. The standard InChI is InChI=1S/C15H20FNO/c1-2-18-14-10-15(5-7-17-8-6-15)13-9-11(16)3-4-12(13)14/h3-4,9,14,17H,2,5-8,10H2,1H3/t14-/m0/s1. The number of benzene rings is 1. The molecule has 0 aromatic heterocycles. The Balaban J connectivity index is 2.02. The number of rotatable bonds is 2. The van der Waals surface area contributed by atoms with E-state index >= 15 is 0 Å². The number of hydrogen-bond acceptors (Lipinski definition) is 2. The zero-order valence-electron chi connectivity index (χ0n) is 10.8. The van der Waals surface area contributed by atoms with E-state index in [2.05, 4.69) is 5.32 Å². The maximum Gasteiger partial charge on any atom is 0.123 e. The summed E-state index contributed by atoms with van der Waals surface area (Å²) in [5.41, 5.74) is 2.55. The van der Waals surface area contributed by atoms with Crippen LogP contribution in [0.15, 0.2) is 18.2 Å². The van der Waals surface area contributed by atoms with Crippen molar-refractivity contribution in [1.82, 2.24) is 5.32 Å². The van der Waals surface area contributed by atoms with Crippen LogP contribution in [-0.2, 0) is 10.2 Å². The van der Waals surface area contributed by atoms with Crippen LogP contribution in [0.1, 0.15) is 43.4 Å². The van der Waals surface area contributed by atoms with Gasteiger partial charge >= 0.3 is 0 Å². The summed E-state index contributed by atoms with van der Waals surface area (Å²) in [5, 5.41) is 3.39. The molecule has 1 aliphatic heterocycles. The van der Waals surface area contributed by atoms with E-state index in [4.69, 9.17) is 4.74 Å². The van der Waals surface area contributed by atoms with Crippen LogP contribution in [0.25, 0.3) is 0 Å².